The molecule has 30 heavy (non-hydrogen) atoms. The van der Waals surface area contributed by atoms with Crippen LogP contribution in [0.4, 0.5) is 5.69 Å². The van der Waals surface area contributed by atoms with Gasteiger partial charge in [-0.25, -0.2) is 0 Å². The third-order valence-electron chi connectivity index (χ3n) is 4.17. The summed E-state index contributed by atoms with van der Waals surface area (Å²) in [5, 5.41) is 5.46. The van der Waals surface area contributed by atoms with E-state index in [-0.39, 0.29) is 5.91 Å². The number of carbonyl (C=O) groups excluding carboxylic acids is 2. The van der Waals surface area contributed by atoms with E-state index in [1.54, 1.807) is 49.6 Å². The lowest BCUT2D eigenvalue weighted by atomic mass is 10.1. The Hall–Kier alpha value is -3.52. The van der Waals surface area contributed by atoms with E-state index in [1.165, 1.54) is 27.4 Å². The zero-order chi connectivity index (χ0) is 21.9. The summed E-state index contributed by atoms with van der Waals surface area (Å²) in [6.07, 6.45) is 2.95. The average Bonchev–Trinajstić information content (AvgIpc) is 2.77. The SMILES string of the molecule is COCCNC(=O)c1ccccc1NC(=O)C=Cc1ccc(OC)c(OC)c1OC. The molecule has 160 valence electrons. The van der Waals surface area contributed by atoms with Crippen molar-refractivity contribution in [1.82, 2.24) is 5.32 Å². The number of rotatable bonds is 10. The fourth-order valence-corrected chi connectivity index (χ4v) is 2.75. The third kappa shape index (κ3) is 5.74. The second-order valence-electron chi connectivity index (χ2n) is 6.04. The fourth-order valence-electron chi connectivity index (χ4n) is 2.75. The molecule has 0 spiro atoms. The van der Waals surface area contributed by atoms with Crippen LogP contribution < -0.4 is 24.8 Å². The van der Waals surface area contributed by atoms with E-state index < -0.39 is 5.91 Å². The molecule has 0 radical (unpaired) electrons. The Bertz CT molecular complexity index is 910. The number of carbonyl (C=O) groups is 2. The van der Waals surface area contributed by atoms with Crippen molar-refractivity contribution >= 4 is 23.6 Å². The van der Waals surface area contributed by atoms with Crippen molar-refractivity contribution < 1.29 is 28.5 Å². The van der Waals surface area contributed by atoms with Gasteiger partial charge in [-0.3, -0.25) is 9.59 Å². The van der Waals surface area contributed by atoms with Gasteiger partial charge in [0.05, 0.1) is 39.2 Å². The van der Waals surface area contributed by atoms with Crippen LogP contribution in [0.15, 0.2) is 42.5 Å². The summed E-state index contributed by atoms with van der Waals surface area (Å²) in [6.45, 7) is 0.771. The molecule has 2 amide bonds. The minimum absolute atomic E-state index is 0.298. The molecule has 0 unspecified atom stereocenters. The van der Waals surface area contributed by atoms with Gasteiger partial charge in [0.25, 0.3) is 5.91 Å². The maximum absolute atomic E-state index is 12.5. The highest BCUT2D eigenvalue weighted by atomic mass is 16.5. The summed E-state index contributed by atoms with van der Waals surface area (Å²) in [7, 11) is 6.10. The lowest BCUT2D eigenvalue weighted by Gasteiger charge is -2.14. The van der Waals surface area contributed by atoms with E-state index in [0.717, 1.165) is 0 Å². The number of para-hydroxylation sites is 1. The summed E-state index contributed by atoms with van der Waals surface area (Å²) in [4.78, 5) is 24.8. The van der Waals surface area contributed by atoms with E-state index >= 15 is 0 Å². The highest BCUT2D eigenvalue weighted by Gasteiger charge is 2.15. The van der Waals surface area contributed by atoms with Crippen molar-refractivity contribution in [2.24, 2.45) is 0 Å². The first kappa shape index (κ1) is 22.8. The third-order valence-corrected chi connectivity index (χ3v) is 4.17. The molecule has 0 bridgehead atoms. The number of methoxy groups -OCH3 is 4. The lowest BCUT2D eigenvalue weighted by Crippen LogP contribution is -2.28. The molecule has 0 heterocycles. The zero-order valence-corrected chi connectivity index (χ0v) is 17.5. The minimum Gasteiger partial charge on any atom is -0.493 e. The molecular formula is C22H26N2O6. The van der Waals surface area contributed by atoms with Gasteiger partial charge >= 0.3 is 0 Å². The Morgan fingerprint density at radius 1 is 0.933 bits per heavy atom. The normalized spacial score (nSPS) is 10.5. The largest absolute Gasteiger partial charge is 0.493 e. The van der Waals surface area contributed by atoms with E-state index in [1.807, 2.05) is 0 Å². The zero-order valence-electron chi connectivity index (χ0n) is 17.5. The van der Waals surface area contributed by atoms with Crippen LogP contribution >= 0.6 is 0 Å². The molecule has 0 saturated heterocycles. The van der Waals surface area contributed by atoms with Crippen molar-refractivity contribution in [3.8, 4) is 17.2 Å². The monoisotopic (exact) mass is 414 g/mol. The molecule has 0 aliphatic heterocycles. The van der Waals surface area contributed by atoms with Crippen LogP contribution in [-0.4, -0.2) is 53.4 Å². The average molecular weight is 414 g/mol. The highest BCUT2D eigenvalue weighted by Crippen LogP contribution is 2.40. The number of nitrogens with one attached hydrogen (secondary N) is 2. The van der Waals surface area contributed by atoms with Gasteiger partial charge in [-0.1, -0.05) is 12.1 Å². The molecular weight excluding hydrogens is 388 g/mol. The van der Waals surface area contributed by atoms with Gasteiger partial charge in [0.2, 0.25) is 11.7 Å². The molecule has 0 aliphatic carbocycles. The van der Waals surface area contributed by atoms with Gasteiger partial charge in [-0.2, -0.15) is 0 Å². The Morgan fingerprint density at radius 3 is 2.33 bits per heavy atom. The van der Waals surface area contributed by atoms with Crippen molar-refractivity contribution in [3.63, 3.8) is 0 Å². The number of amides is 2. The second-order valence-corrected chi connectivity index (χ2v) is 6.04. The van der Waals surface area contributed by atoms with E-state index in [2.05, 4.69) is 10.6 Å². The second kappa shape index (κ2) is 11.5. The van der Waals surface area contributed by atoms with Crippen molar-refractivity contribution in [1.29, 1.82) is 0 Å². The molecule has 8 nitrogen and oxygen atoms in total. The number of benzene rings is 2. The predicted molar refractivity (Wildman–Crippen MR) is 114 cm³/mol. The van der Waals surface area contributed by atoms with Gasteiger partial charge < -0.3 is 29.6 Å². The maximum Gasteiger partial charge on any atom is 0.253 e. The minimum atomic E-state index is -0.399. The van der Waals surface area contributed by atoms with Gasteiger partial charge in [0.15, 0.2) is 11.5 Å². The molecule has 0 atom stereocenters. The molecule has 8 heteroatoms. The van der Waals surface area contributed by atoms with Gasteiger partial charge in [-0.05, 0) is 30.3 Å². The predicted octanol–water partition coefficient (Wildman–Crippen LogP) is 2.74. The molecule has 2 aromatic rings. The first-order valence-electron chi connectivity index (χ1n) is 9.19. The number of hydrogen-bond acceptors (Lipinski definition) is 6. The number of ether oxygens (including phenoxy) is 4. The topological polar surface area (TPSA) is 95.1 Å². The first-order chi connectivity index (χ1) is 14.5. The van der Waals surface area contributed by atoms with Crippen molar-refractivity contribution in [2.45, 2.75) is 0 Å². The molecule has 0 aromatic heterocycles. The first-order valence-corrected chi connectivity index (χ1v) is 9.19. The molecule has 0 saturated carbocycles. The molecule has 2 aromatic carbocycles. The van der Waals surface area contributed by atoms with Gasteiger partial charge in [0, 0.05) is 25.3 Å². The van der Waals surface area contributed by atoms with Crippen LogP contribution in [0.2, 0.25) is 0 Å². The van der Waals surface area contributed by atoms with Crippen LogP contribution in [-0.2, 0) is 9.53 Å². The summed E-state index contributed by atoms with van der Waals surface area (Å²) >= 11 is 0. The van der Waals surface area contributed by atoms with Crippen LogP contribution in [0.3, 0.4) is 0 Å². The summed E-state index contributed by atoms with van der Waals surface area (Å²) < 4.78 is 20.9. The quantitative estimate of drug-likeness (QED) is 0.459. The summed E-state index contributed by atoms with van der Waals surface area (Å²) in [5.41, 5.74) is 1.40. The fraction of sp³-hybridized carbons (Fsp3) is 0.273. The molecule has 0 aliphatic rings. The maximum atomic E-state index is 12.5. The smallest absolute Gasteiger partial charge is 0.253 e. The Labute approximate surface area is 175 Å². The van der Waals surface area contributed by atoms with Crippen LogP contribution in [0.25, 0.3) is 6.08 Å². The molecule has 0 fully saturated rings. The highest BCUT2D eigenvalue weighted by molar-refractivity contribution is 6.07. The number of anilines is 1. The summed E-state index contributed by atoms with van der Waals surface area (Å²) in [6, 6.07) is 10.2. The van der Waals surface area contributed by atoms with Crippen LogP contribution in [0.5, 0.6) is 17.2 Å². The van der Waals surface area contributed by atoms with Gasteiger partial charge in [0.1, 0.15) is 0 Å². The van der Waals surface area contributed by atoms with E-state index in [4.69, 9.17) is 18.9 Å². The molecule has 2 rings (SSSR count). The Morgan fingerprint density at radius 2 is 1.67 bits per heavy atom. The molecule has 2 N–H and O–H groups in total. The van der Waals surface area contributed by atoms with E-state index in [0.29, 0.717) is 47.2 Å². The standard InChI is InChI=1S/C22H26N2O6/c1-27-14-13-23-22(26)16-7-5-6-8-17(16)24-19(25)12-10-15-9-11-18(28-2)21(30-4)20(15)29-3/h5-12H,13-14H2,1-4H3,(H,23,26)(H,24,25). The van der Waals surface area contributed by atoms with E-state index in [9.17, 15) is 9.59 Å². The van der Waals surface area contributed by atoms with Crippen molar-refractivity contribution in [3.05, 3.63) is 53.6 Å². The van der Waals surface area contributed by atoms with Crippen LogP contribution in [0.1, 0.15) is 15.9 Å². The number of hydrogen-bond donors (Lipinski definition) is 2. The Kier molecular flexibility index (Phi) is 8.71. The van der Waals surface area contributed by atoms with Gasteiger partial charge in [-0.15, -0.1) is 0 Å². The lowest BCUT2D eigenvalue weighted by molar-refractivity contribution is -0.111. The van der Waals surface area contributed by atoms with Crippen molar-refractivity contribution in [2.75, 3.05) is 46.9 Å². The van der Waals surface area contributed by atoms with Crippen LogP contribution in [0, 0.1) is 0 Å². The Balaban J connectivity index is 2.17. The summed E-state index contributed by atoms with van der Waals surface area (Å²) in [5.74, 6) is 0.696.